The number of nitrogens with one attached hydrogen (secondary N) is 2. The van der Waals surface area contributed by atoms with Crippen molar-refractivity contribution >= 4 is 22.7 Å². The van der Waals surface area contributed by atoms with Crippen LogP contribution in [0.15, 0.2) is 30.3 Å². The van der Waals surface area contributed by atoms with Crippen LogP contribution in [0.3, 0.4) is 0 Å². The number of aromatic nitrogens is 1. The number of carbonyl (C=O) groups excluding carboxylic acids is 2. The topological polar surface area (TPSA) is 68.4 Å². The lowest BCUT2D eigenvalue weighted by atomic mass is 9.93. The first-order valence-corrected chi connectivity index (χ1v) is 10.5. The normalized spacial score (nSPS) is 15.3. The molecule has 0 atom stereocenters. The molecule has 6 heteroatoms. The van der Waals surface area contributed by atoms with E-state index in [1.807, 2.05) is 35.2 Å². The predicted octanol–water partition coefficient (Wildman–Crippen LogP) is 2.87. The van der Waals surface area contributed by atoms with E-state index >= 15 is 0 Å². The standard InChI is InChI=1S/C22H32N4O2/c1-3-25(4-2)14-11-23-21(27)15-17-9-12-26(13-10-17)22(28)20-16-18-7-5-6-8-19(18)24-20/h5-8,16-17,24H,3-4,9-15H2,1-2H3,(H,23,27). The van der Waals surface area contributed by atoms with Crippen LogP contribution in [0.1, 0.15) is 43.6 Å². The van der Waals surface area contributed by atoms with Gasteiger partial charge < -0.3 is 20.1 Å². The molecule has 0 saturated carbocycles. The van der Waals surface area contributed by atoms with Crippen LogP contribution in [0.25, 0.3) is 10.9 Å². The monoisotopic (exact) mass is 384 g/mol. The van der Waals surface area contributed by atoms with Crippen LogP contribution in [0.4, 0.5) is 0 Å². The summed E-state index contributed by atoms with van der Waals surface area (Å²) in [5.74, 6) is 0.547. The third-order valence-corrected chi connectivity index (χ3v) is 5.78. The Labute approximate surface area is 167 Å². The van der Waals surface area contributed by atoms with Crippen molar-refractivity contribution in [1.82, 2.24) is 20.1 Å². The lowest BCUT2D eigenvalue weighted by Crippen LogP contribution is -2.40. The average molecular weight is 385 g/mol. The number of benzene rings is 1. The maximum absolute atomic E-state index is 12.8. The summed E-state index contributed by atoms with van der Waals surface area (Å²) in [5.41, 5.74) is 1.64. The second-order valence-electron chi connectivity index (χ2n) is 7.59. The maximum atomic E-state index is 12.8. The Balaban J connectivity index is 1.42. The van der Waals surface area contributed by atoms with Gasteiger partial charge in [0, 0.05) is 43.5 Å². The number of rotatable bonds is 8. The largest absolute Gasteiger partial charge is 0.355 e. The Morgan fingerprint density at radius 1 is 1.18 bits per heavy atom. The highest BCUT2D eigenvalue weighted by Gasteiger charge is 2.25. The number of aromatic amines is 1. The molecule has 0 aliphatic carbocycles. The molecule has 6 nitrogen and oxygen atoms in total. The number of hydrogen-bond donors (Lipinski definition) is 2. The zero-order valence-electron chi connectivity index (χ0n) is 17.0. The number of piperidine rings is 1. The number of H-pyrrole nitrogens is 1. The Morgan fingerprint density at radius 2 is 1.89 bits per heavy atom. The van der Waals surface area contributed by atoms with E-state index in [9.17, 15) is 9.59 Å². The summed E-state index contributed by atoms with van der Waals surface area (Å²) in [6, 6.07) is 9.85. The quantitative estimate of drug-likeness (QED) is 0.735. The van der Waals surface area contributed by atoms with Crippen molar-refractivity contribution in [1.29, 1.82) is 0 Å². The van der Waals surface area contributed by atoms with E-state index in [-0.39, 0.29) is 11.8 Å². The maximum Gasteiger partial charge on any atom is 0.270 e. The van der Waals surface area contributed by atoms with Crippen LogP contribution in [0.2, 0.25) is 0 Å². The molecule has 1 fully saturated rings. The second-order valence-corrected chi connectivity index (χ2v) is 7.59. The van der Waals surface area contributed by atoms with Gasteiger partial charge in [0.25, 0.3) is 5.91 Å². The van der Waals surface area contributed by atoms with Crippen molar-refractivity contribution in [2.24, 2.45) is 5.92 Å². The molecule has 28 heavy (non-hydrogen) atoms. The zero-order chi connectivity index (χ0) is 19.9. The van der Waals surface area contributed by atoms with E-state index in [4.69, 9.17) is 0 Å². The van der Waals surface area contributed by atoms with Crippen molar-refractivity contribution in [2.45, 2.75) is 33.1 Å². The lowest BCUT2D eigenvalue weighted by Gasteiger charge is -2.31. The molecule has 2 N–H and O–H groups in total. The van der Waals surface area contributed by atoms with Gasteiger partial charge in [0.15, 0.2) is 0 Å². The number of para-hydroxylation sites is 1. The highest BCUT2D eigenvalue weighted by atomic mass is 16.2. The Kier molecular flexibility index (Phi) is 7.09. The molecule has 2 aromatic rings. The molecule has 1 saturated heterocycles. The van der Waals surface area contributed by atoms with E-state index in [0.29, 0.717) is 37.7 Å². The third kappa shape index (κ3) is 5.13. The molecule has 1 aliphatic heterocycles. The van der Waals surface area contributed by atoms with E-state index in [1.54, 1.807) is 0 Å². The molecule has 0 bridgehead atoms. The first kappa shape index (κ1) is 20.4. The van der Waals surface area contributed by atoms with Crippen molar-refractivity contribution in [3.63, 3.8) is 0 Å². The molecule has 1 aromatic carbocycles. The summed E-state index contributed by atoms with van der Waals surface area (Å²) in [6.07, 6.45) is 2.33. The molecule has 1 aromatic heterocycles. The van der Waals surface area contributed by atoms with Crippen LogP contribution in [-0.4, -0.2) is 65.9 Å². The van der Waals surface area contributed by atoms with Crippen molar-refractivity contribution in [3.8, 4) is 0 Å². The fourth-order valence-corrected chi connectivity index (χ4v) is 3.93. The van der Waals surface area contributed by atoms with E-state index < -0.39 is 0 Å². The summed E-state index contributed by atoms with van der Waals surface area (Å²) < 4.78 is 0. The molecule has 0 unspecified atom stereocenters. The third-order valence-electron chi connectivity index (χ3n) is 5.78. The number of carbonyl (C=O) groups is 2. The van der Waals surface area contributed by atoms with Crippen LogP contribution >= 0.6 is 0 Å². The number of likely N-dealkylation sites (tertiary alicyclic amines) is 1. The number of hydrogen-bond acceptors (Lipinski definition) is 3. The number of nitrogens with zero attached hydrogens (tertiary/aromatic N) is 2. The van der Waals surface area contributed by atoms with Gasteiger partial charge in [0.05, 0.1) is 0 Å². The zero-order valence-corrected chi connectivity index (χ0v) is 17.0. The van der Waals surface area contributed by atoms with Gasteiger partial charge in [0.2, 0.25) is 5.91 Å². The highest BCUT2D eigenvalue weighted by molar-refractivity contribution is 5.98. The van der Waals surface area contributed by atoms with Crippen LogP contribution in [0.5, 0.6) is 0 Å². The SMILES string of the molecule is CCN(CC)CCNC(=O)CC1CCN(C(=O)c2cc3ccccc3[nH]2)CC1. The molecule has 152 valence electrons. The van der Waals surface area contributed by atoms with E-state index in [0.717, 1.165) is 43.4 Å². The summed E-state index contributed by atoms with van der Waals surface area (Å²) in [4.78, 5) is 32.4. The summed E-state index contributed by atoms with van der Waals surface area (Å²) in [6.45, 7) is 9.32. The average Bonchev–Trinajstić information content (AvgIpc) is 3.15. The van der Waals surface area contributed by atoms with Crippen LogP contribution < -0.4 is 5.32 Å². The van der Waals surface area contributed by atoms with Crippen molar-refractivity contribution < 1.29 is 9.59 Å². The van der Waals surface area contributed by atoms with Crippen LogP contribution in [-0.2, 0) is 4.79 Å². The molecular weight excluding hydrogens is 352 g/mol. The molecule has 3 rings (SSSR count). The Hall–Kier alpha value is -2.34. The van der Waals surface area contributed by atoms with Crippen LogP contribution in [0, 0.1) is 5.92 Å². The number of fused-ring (bicyclic) bond motifs is 1. The fraction of sp³-hybridized carbons (Fsp3) is 0.545. The number of amides is 2. The van der Waals surface area contributed by atoms with Gasteiger partial charge in [0.1, 0.15) is 5.69 Å². The predicted molar refractivity (Wildman–Crippen MR) is 112 cm³/mol. The molecule has 0 spiro atoms. The van der Waals surface area contributed by atoms with Gasteiger partial charge in [-0.3, -0.25) is 9.59 Å². The minimum atomic E-state index is 0.0540. The van der Waals surface area contributed by atoms with Gasteiger partial charge in [-0.1, -0.05) is 32.0 Å². The van der Waals surface area contributed by atoms with Gasteiger partial charge in [-0.25, -0.2) is 0 Å². The molecule has 2 amide bonds. The summed E-state index contributed by atoms with van der Waals surface area (Å²) in [5, 5.41) is 4.10. The molecule has 2 heterocycles. The van der Waals surface area contributed by atoms with Crippen molar-refractivity contribution in [2.75, 3.05) is 39.3 Å². The Bertz CT molecular complexity index is 756. The molecule has 1 aliphatic rings. The van der Waals surface area contributed by atoms with E-state index in [1.165, 1.54) is 0 Å². The summed E-state index contributed by atoms with van der Waals surface area (Å²) in [7, 11) is 0. The highest BCUT2D eigenvalue weighted by Crippen LogP contribution is 2.23. The van der Waals surface area contributed by atoms with Gasteiger partial charge >= 0.3 is 0 Å². The number of likely N-dealkylation sites (N-methyl/N-ethyl adjacent to an activating group) is 1. The first-order valence-electron chi connectivity index (χ1n) is 10.5. The van der Waals surface area contributed by atoms with E-state index in [2.05, 4.69) is 29.0 Å². The van der Waals surface area contributed by atoms with Crippen molar-refractivity contribution in [3.05, 3.63) is 36.0 Å². The Morgan fingerprint density at radius 3 is 2.57 bits per heavy atom. The second kappa shape index (κ2) is 9.73. The smallest absolute Gasteiger partial charge is 0.270 e. The van der Waals surface area contributed by atoms with Gasteiger partial charge in [-0.2, -0.15) is 0 Å². The molecular formula is C22H32N4O2. The van der Waals surface area contributed by atoms with Gasteiger partial charge in [-0.15, -0.1) is 0 Å². The summed E-state index contributed by atoms with van der Waals surface area (Å²) >= 11 is 0. The minimum absolute atomic E-state index is 0.0540. The lowest BCUT2D eigenvalue weighted by molar-refractivity contribution is -0.122. The molecule has 0 radical (unpaired) electrons. The minimum Gasteiger partial charge on any atom is -0.355 e. The first-order chi connectivity index (χ1) is 13.6. The fourth-order valence-electron chi connectivity index (χ4n) is 3.93. The van der Waals surface area contributed by atoms with Gasteiger partial charge in [-0.05, 0) is 44.0 Å².